The summed E-state index contributed by atoms with van der Waals surface area (Å²) in [5.74, 6) is 2.01. The molecule has 0 bridgehead atoms. The fraction of sp³-hybridized carbons (Fsp3) is 0.308. The maximum atomic E-state index is 5.47. The third kappa shape index (κ3) is 4.13. The lowest BCUT2D eigenvalue weighted by molar-refractivity contribution is 0.239. The molecule has 0 spiro atoms. The molecule has 0 N–H and O–H groups in total. The number of ether oxygens (including phenoxy) is 1. The highest BCUT2D eigenvalue weighted by Gasteiger charge is 2.31. The molecule has 28 heavy (non-hydrogen) atoms. The second-order valence-corrected chi connectivity index (χ2v) is 7.93. The summed E-state index contributed by atoms with van der Waals surface area (Å²) in [6.45, 7) is 2.09. The Morgan fingerprint density at radius 1 is 0.929 bits per heavy atom. The Bertz CT molecular complexity index is 891. The van der Waals surface area contributed by atoms with Crippen molar-refractivity contribution in [1.82, 2.24) is 4.90 Å². The molecular weight excluding hydrogens is 342 g/mol. The minimum absolute atomic E-state index is 0.439. The van der Waals surface area contributed by atoms with Gasteiger partial charge in [0.25, 0.3) is 0 Å². The Balaban J connectivity index is 1.60. The van der Waals surface area contributed by atoms with Gasteiger partial charge < -0.3 is 9.64 Å². The Morgan fingerprint density at radius 3 is 2.36 bits per heavy atom. The molecule has 0 fully saturated rings. The normalized spacial score (nSPS) is 18.7. The summed E-state index contributed by atoms with van der Waals surface area (Å²) < 4.78 is 5.47. The van der Waals surface area contributed by atoms with Gasteiger partial charge in [0.15, 0.2) is 0 Å². The summed E-state index contributed by atoms with van der Waals surface area (Å²) >= 11 is 0. The van der Waals surface area contributed by atoms with Gasteiger partial charge in [0.1, 0.15) is 5.75 Å². The van der Waals surface area contributed by atoms with Crippen LogP contribution in [-0.4, -0.2) is 25.6 Å². The standard InChI is InChI=1S/C26H29NO/c1-27(18-20-9-5-3-6-10-20)19-23-14-13-22-17-24(28-2)15-16-25(22)26(23)21-11-7-4-8-12-21/h3-12,15-17,23,26H,13-14,18-19H2,1-2H3/t23-,26+/m1/s1. The van der Waals surface area contributed by atoms with Gasteiger partial charge >= 0.3 is 0 Å². The molecule has 3 aromatic carbocycles. The highest BCUT2D eigenvalue weighted by atomic mass is 16.5. The zero-order chi connectivity index (χ0) is 19.3. The van der Waals surface area contributed by atoms with Crippen LogP contribution in [-0.2, 0) is 13.0 Å². The molecule has 0 amide bonds. The van der Waals surface area contributed by atoms with Crippen LogP contribution < -0.4 is 4.74 Å². The van der Waals surface area contributed by atoms with E-state index in [0.29, 0.717) is 11.8 Å². The van der Waals surface area contributed by atoms with Crippen molar-refractivity contribution in [1.29, 1.82) is 0 Å². The molecule has 0 aromatic heterocycles. The number of rotatable bonds is 6. The van der Waals surface area contributed by atoms with E-state index < -0.39 is 0 Å². The van der Waals surface area contributed by atoms with E-state index in [1.807, 2.05) is 0 Å². The maximum Gasteiger partial charge on any atom is 0.119 e. The predicted molar refractivity (Wildman–Crippen MR) is 116 cm³/mol. The first kappa shape index (κ1) is 18.8. The van der Waals surface area contributed by atoms with Crippen molar-refractivity contribution >= 4 is 0 Å². The van der Waals surface area contributed by atoms with E-state index >= 15 is 0 Å². The van der Waals surface area contributed by atoms with Gasteiger partial charge in [0.05, 0.1) is 7.11 Å². The van der Waals surface area contributed by atoms with Gasteiger partial charge in [-0.3, -0.25) is 0 Å². The Morgan fingerprint density at radius 2 is 1.64 bits per heavy atom. The largest absolute Gasteiger partial charge is 0.497 e. The van der Waals surface area contributed by atoms with Crippen molar-refractivity contribution < 1.29 is 4.74 Å². The van der Waals surface area contributed by atoms with Gasteiger partial charge in [0, 0.05) is 19.0 Å². The molecule has 1 aliphatic carbocycles. The molecule has 0 radical (unpaired) electrons. The number of nitrogens with zero attached hydrogens (tertiary/aromatic N) is 1. The molecular formula is C26H29NO. The summed E-state index contributed by atoms with van der Waals surface area (Å²) in [5.41, 5.74) is 5.71. The molecule has 2 nitrogen and oxygen atoms in total. The fourth-order valence-corrected chi connectivity index (χ4v) is 4.66. The van der Waals surface area contributed by atoms with Crippen molar-refractivity contribution in [2.45, 2.75) is 25.3 Å². The Hall–Kier alpha value is -2.58. The van der Waals surface area contributed by atoms with Crippen molar-refractivity contribution in [2.75, 3.05) is 20.7 Å². The van der Waals surface area contributed by atoms with Crippen molar-refractivity contribution in [3.63, 3.8) is 0 Å². The quantitative estimate of drug-likeness (QED) is 0.565. The van der Waals surface area contributed by atoms with Crippen LogP contribution in [0.25, 0.3) is 0 Å². The predicted octanol–water partition coefficient (Wildman–Crippen LogP) is 5.52. The first-order chi connectivity index (χ1) is 13.7. The third-order valence-electron chi connectivity index (χ3n) is 5.94. The van der Waals surface area contributed by atoms with Crippen LogP contribution in [0.1, 0.15) is 34.6 Å². The van der Waals surface area contributed by atoms with E-state index in [-0.39, 0.29) is 0 Å². The molecule has 0 unspecified atom stereocenters. The molecule has 2 heteroatoms. The van der Waals surface area contributed by atoms with Gasteiger partial charge in [-0.2, -0.15) is 0 Å². The lowest BCUT2D eigenvalue weighted by Crippen LogP contribution is -2.32. The van der Waals surface area contributed by atoms with Crippen LogP contribution in [0.4, 0.5) is 0 Å². The van der Waals surface area contributed by atoms with Crippen LogP contribution in [0.3, 0.4) is 0 Å². The highest BCUT2D eigenvalue weighted by Crippen LogP contribution is 2.42. The summed E-state index contributed by atoms with van der Waals surface area (Å²) in [5, 5.41) is 0. The minimum atomic E-state index is 0.439. The number of hydrogen-bond acceptors (Lipinski definition) is 2. The van der Waals surface area contributed by atoms with Crippen LogP contribution in [0.2, 0.25) is 0 Å². The van der Waals surface area contributed by atoms with E-state index in [0.717, 1.165) is 25.3 Å². The van der Waals surface area contributed by atoms with E-state index in [9.17, 15) is 0 Å². The monoisotopic (exact) mass is 371 g/mol. The SMILES string of the molecule is COc1ccc2c(c1)CC[C@H](CN(C)Cc1ccccc1)[C@@H]2c1ccccc1. The van der Waals surface area contributed by atoms with Crippen LogP contribution in [0.5, 0.6) is 5.75 Å². The van der Waals surface area contributed by atoms with Crippen molar-refractivity contribution in [2.24, 2.45) is 5.92 Å². The van der Waals surface area contributed by atoms with Gasteiger partial charge in [-0.1, -0.05) is 66.7 Å². The topological polar surface area (TPSA) is 12.5 Å². The first-order valence-corrected chi connectivity index (χ1v) is 10.2. The van der Waals surface area contributed by atoms with E-state index in [1.54, 1.807) is 7.11 Å². The first-order valence-electron chi connectivity index (χ1n) is 10.2. The molecule has 0 heterocycles. The molecule has 0 saturated carbocycles. The van der Waals surface area contributed by atoms with E-state index in [4.69, 9.17) is 4.74 Å². The van der Waals surface area contributed by atoms with Crippen LogP contribution in [0, 0.1) is 5.92 Å². The number of benzene rings is 3. The fourth-order valence-electron chi connectivity index (χ4n) is 4.66. The Kier molecular flexibility index (Phi) is 5.78. The summed E-state index contributed by atoms with van der Waals surface area (Å²) in [6.07, 6.45) is 2.33. The maximum absolute atomic E-state index is 5.47. The second kappa shape index (κ2) is 8.62. The molecule has 2 atom stereocenters. The second-order valence-electron chi connectivity index (χ2n) is 7.93. The zero-order valence-electron chi connectivity index (χ0n) is 16.8. The average Bonchev–Trinajstić information content (AvgIpc) is 2.74. The van der Waals surface area contributed by atoms with Gasteiger partial charge in [-0.15, -0.1) is 0 Å². The molecule has 144 valence electrons. The smallest absolute Gasteiger partial charge is 0.119 e. The number of aryl methyl sites for hydroxylation is 1. The summed E-state index contributed by atoms with van der Waals surface area (Å²) in [6, 6.07) is 28.4. The Labute approximate surface area is 168 Å². The van der Waals surface area contributed by atoms with E-state index in [1.165, 1.54) is 28.7 Å². The molecule has 0 saturated heterocycles. The number of fused-ring (bicyclic) bond motifs is 1. The van der Waals surface area contributed by atoms with Crippen LogP contribution >= 0.6 is 0 Å². The molecule has 3 aromatic rings. The minimum Gasteiger partial charge on any atom is -0.497 e. The lowest BCUT2D eigenvalue weighted by atomic mass is 9.71. The highest BCUT2D eigenvalue weighted by molar-refractivity contribution is 5.44. The molecule has 4 rings (SSSR count). The third-order valence-corrected chi connectivity index (χ3v) is 5.94. The average molecular weight is 372 g/mol. The zero-order valence-corrected chi connectivity index (χ0v) is 16.8. The summed E-state index contributed by atoms with van der Waals surface area (Å²) in [4.78, 5) is 2.48. The van der Waals surface area contributed by atoms with Crippen molar-refractivity contribution in [3.8, 4) is 5.75 Å². The van der Waals surface area contributed by atoms with Gasteiger partial charge in [0.2, 0.25) is 0 Å². The molecule has 0 aliphatic heterocycles. The number of hydrogen-bond donors (Lipinski definition) is 0. The van der Waals surface area contributed by atoms with E-state index in [2.05, 4.69) is 90.8 Å². The number of methoxy groups -OCH3 is 1. The lowest BCUT2D eigenvalue weighted by Gasteiger charge is -2.36. The molecule has 1 aliphatic rings. The van der Waals surface area contributed by atoms with Crippen molar-refractivity contribution in [3.05, 3.63) is 101 Å². The summed E-state index contributed by atoms with van der Waals surface area (Å²) in [7, 11) is 4.00. The van der Waals surface area contributed by atoms with Gasteiger partial charge in [-0.05, 0) is 60.2 Å². The van der Waals surface area contributed by atoms with Crippen LogP contribution in [0.15, 0.2) is 78.9 Å². The van der Waals surface area contributed by atoms with Gasteiger partial charge in [-0.25, -0.2) is 0 Å².